The molecule has 2 rings (SSSR count). The van der Waals surface area contributed by atoms with Crippen LogP contribution in [0.25, 0.3) is 0 Å². The van der Waals surface area contributed by atoms with Crippen molar-refractivity contribution in [3.05, 3.63) is 71.8 Å². The molecule has 0 aliphatic carbocycles. The molecule has 162 valence electrons. The molecule has 0 spiro atoms. The van der Waals surface area contributed by atoms with Gasteiger partial charge in [-0.2, -0.15) is 0 Å². The van der Waals surface area contributed by atoms with E-state index in [1.807, 2.05) is 81.5 Å². The summed E-state index contributed by atoms with van der Waals surface area (Å²) in [6.07, 6.45) is 8.37. The molecule has 2 aromatic carbocycles. The summed E-state index contributed by atoms with van der Waals surface area (Å²) in [4.78, 5) is 9.91. The molecule has 0 fully saturated rings. The van der Waals surface area contributed by atoms with Crippen LogP contribution in [0.1, 0.15) is 64.5 Å². The average molecular weight is 453 g/mol. The fourth-order valence-corrected chi connectivity index (χ4v) is 3.03. The van der Waals surface area contributed by atoms with Crippen LogP contribution in [-0.4, -0.2) is 11.4 Å². The van der Waals surface area contributed by atoms with Crippen LogP contribution < -0.4 is 0 Å². The summed E-state index contributed by atoms with van der Waals surface area (Å²) >= 11 is 0. The van der Waals surface area contributed by atoms with Gasteiger partial charge in [-0.15, -0.1) is 11.8 Å². The Bertz CT molecular complexity index is 1050. The summed E-state index contributed by atoms with van der Waals surface area (Å²) < 4.78 is 0. The molecule has 0 saturated heterocycles. The maximum atomic E-state index is 4.99. The zero-order chi connectivity index (χ0) is 21.6. The minimum Gasteiger partial charge on any atom is -0.251 e. The topological polar surface area (TPSA) is 24.7 Å². The number of hydrogen-bond donors (Lipinski definition) is 0. The van der Waals surface area contributed by atoms with Crippen molar-refractivity contribution in [1.29, 1.82) is 0 Å². The van der Waals surface area contributed by atoms with Crippen molar-refractivity contribution in [3.8, 4) is 23.7 Å². The molecule has 0 atom stereocenters. The van der Waals surface area contributed by atoms with Crippen LogP contribution in [0.15, 0.2) is 70.7 Å². The average Bonchev–Trinajstić information content (AvgIpc) is 2.74. The maximum Gasteiger partial charge on any atom is 0.0848 e. The number of unbranched alkanes of at least 4 members (excludes halogenated alkanes) is 2. The summed E-state index contributed by atoms with van der Waals surface area (Å²) in [5, 5.41) is 0. The Balaban J connectivity index is 0.00000480. The summed E-state index contributed by atoms with van der Waals surface area (Å²) in [5.41, 5.74) is 5.62. The SMILES string of the molecule is CC#Cc1cccc(N=C(/C=C\C)C(CCCCC)=Nc2cccc(C#CC)c2)c1.[Ni]. The van der Waals surface area contributed by atoms with Gasteiger partial charge in [0.25, 0.3) is 0 Å². The quantitative estimate of drug-likeness (QED) is 0.172. The van der Waals surface area contributed by atoms with E-state index in [1.54, 1.807) is 0 Å². The second-order valence-electron chi connectivity index (χ2n) is 6.86. The van der Waals surface area contributed by atoms with Crippen molar-refractivity contribution in [1.82, 2.24) is 0 Å². The second-order valence-corrected chi connectivity index (χ2v) is 6.86. The van der Waals surface area contributed by atoms with Gasteiger partial charge in [-0.3, -0.25) is 4.99 Å². The van der Waals surface area contributed by atoms with Crippen molar-refractivity contribution < 1.29 is 16.5 Å². The van der Waals surface area contributed by atoms with Crippen LogP contribution in [0.3, 0.4) is 0 Å². The normalized spacial score (nSPS) is 11.2. The molecule has 0 amide bonds. The van der Waals surface area contributed by atoms with Crippen molar-refractivity contribution in [2.24, 2.45) is 9.98 Å². The van der Waals surface area contributed by atoms with Gasteiger partial charge >= 0.3 is 0 Å². The van der Waals surface area contributed by atoms with Crippen LogP contribution in [0, 0.1) is 23.7 Å². The van der Waals surface area contributed by atoms with E-state index in [0.29, 0.717) is 0 Å². The smallest absolute Gasteiger partial charge is 0.0848 e. The third-order valence-corrected chi connectivity index (χ3v) is 4.38. The molecular weight excluding hydrogens is 423 g/mol. The van der Waals surface area contributed by atoms with Gasteiger partial charge in [-0.25, -0.2) is 4.99 Å². The van der Waals surface area contributed by atoms with Crippen molar-refractivity contribution in [2.75, 3.05) is 0 Å². The minimum atomic E-state index is 0. The number of rotatable bonds is 8. The molecule has 2 nitrogen and oxygen atoms in total. The third-order valence-electron chi connectivity index (χ3n) is 4.38. The van der Waals surface area contributed by atoms with Crippen molar-refractivity contribution in [3.63, 3.8) is 0 Å². The largest absolute Gasteiger partial charge is 0.251 e. The van der Waals surface area contributed by atoms with Gasteiger partial charge in [-0.1, -0.05) is 49.8 Å². The molecule has 0 aromatic heterocycles. The third kappa shape index (κ3) is 9.21. The molecule has 0 heterocycles. The molecule has 0 radical (unpaired) electrons. The van der Waals surface area contributed by atoms with Crippen LogP contribution in [-0.2, 0) is 16.5 Å². The van der Waals surface area contributed by atoms with Gasteiger partial charge in [0.1, 0.15) is 0 Å². The zero-order valence-electron chi connectivity index (χ0n) is 18.8. The first kappa shape index (κ1) is 26.2. The van der Waals surface area contributed by atoms with Gasteiger partial charge in [0.15, 0.2) is 0 Å². The Hall–Kier alpha value is -2.87. The van der Waals surface area contributed by atoms with Crippen LogP contribution in [0.5, 0.6) is 0 Å². The Kier molecular flexibility index (Phi) is 12.7. The molecule has 0 bridgehead atoms. The number of aliphatic imine (C=N–C) groups is 2. The molecular formula is C28H30N2Ni. The van der Waals surface area contributed by atoms with Crippen LogP contribution >= 0.6 is 0 Å². The summed E-state index contributed by atoms with van der Waals surface area (Å²) in [6.45, 7) is 7.91. The fourth-order valence-electron chi connectivity index (χ4n) is 3.03. The Morgan fingerprint density at radius 3 is 1.97 bits per heavy atom. The second kappa shape index (κ2) is 15.0. The number of nitrogens with zero attached hydrogens (tertiary/aromatic N) is 2. The molecule has 0 N–H and O–H groups in total. The predicted molar refractivity (Wildman–Crippen MR) is 131 cm³/mol. The van der Waals surface area contributed by atoms with E-state index >= 15 is 0 Å². The molecule has 31 heavy (non-hydrogen) atoms. The van der Waals surface area contributed by atoms with Gasteiger partial charge < -0.3 is 0 Å². The zero-order valence-corrected chi connectivity index (χ0v) is 19.8. The van der Waals surface area contributed by atoms with E-state index in [9.17, 15) is 0 Å². The molecule has 0 aliphatic rings. The summed E-state index contributed by atoms with van der Waals surface area (Å²) in [6, 6.07) is 16.1. The Morgan fingerprint density at radius 1 is 0.871 bits per heavy atom. The Labute approximate surface area is 197 Å². The van der Waals surface area contributed by atoms with Gasteiger partial charge in [0, 0.05) is 27.6 Å². The maximum absolute atomic E-state index is 4.99. The molecule has 0 saturated carbocycles. The predicted octanol–water partition coefficient (Wildman–Crippen LogP) is 7.43. The van der Waals surface area contributed by atoms with Gasteiger partial charge in [-0.05, 0) is 76.1 Å². The van der Waals surface area contributed by atoms with Gasteiger partial charge in [0.2, 0.25) is 0 Å². The van der Waals surface area contributed by atoms with E-state index in [0.717, 1.165) is 46.8 Å². The van der Waals surface area contributed by atoms with E-state index in [4.69, 9.17) is 9.98 Å². The fraction of sp³-hybridized carbons (Fsp3) is 0.286. The van der Waals surface area contributed by atoms with Crippen molar-refractivity contribution >= 4 is 22.8 Å². The molecule has 0 unspecified atom stereocenters. The number of benzene rings is 2. The summed E-state index contributed by atoms with van der Waals surface area (Å²) in [7, 11) is 0. The standard InChI is InChI=1S/C28H30N2.Ni/c1-5-9-10-20-28(30-26-19-12-17-24(22-26)14-7-3)27(15-8-4)29-25-18-11-16-23(21-25)13-6-2;/h8,11-12,15-19,21-22H,5,9-10,20H2,1-4H3;/b15-8-,29-27?,30-28?;. The van der Waals surface area contributed by atoms with Crippen molar-refractivity contribution in [2.45, 2.75) is 53.4 Å². The first-order valence-corrected chi connectivity index (χ1v) is 10.5. The molecule has 0 aliphatic heterocycles. The van der Waals surface area contributed by atoms with E-state index in [2.05, 4.69) is 30.6 Å². The van der Waals surface area contributed by atoms with E-state index in [1.165, 1.54) is 12.8 Å². The summed E-state index contributed by atoms with van der Waals surface area (Å²) in [5.74, 6) is 12.1. The van der Waals surface area contributed by atoms with E-state index in [-0.39, 0.29) is 16.5 Å². The first-order valence-electron chi connectivity index (χ1n) is 10.5. The van der Waals surface area contributed by atoms with E-state index < -0.39 is 0 Å². The minimum absolute atomic E-state index is 0. The van der Waals surface area contributed by atoms with Crippen LogP contribution in [0.4, 0.5) is 11.4 Å². The first-order chi connectivity index (χ1) is 14.7. The molecule has 3 heteroatoms. The van der Waals surface area contributed by atoms with Gasteiger partial charge in [0.05, 0.1) is 22.8 Å². The number of allylic oxidation sites excluding steroid dienone is 2. The molecule has 2 aromatic rings. The Morgan fingerprint density at radius 2 is 1.45 bits per heavy atom. The monoisotopic (exact) mass is 452 g/mol. The number of hydrogen-bond acceptors (Lipinski definition) is 2. The van der Waals surface area contributed by atoms with Crippen LogP contribution in [0.2, 0.25) is 0 Å².